The fraction of sp³-hybridized carbons (Fsp3) is 0.762. The Hall–Kier alpha value is 0.220. The minimum Gasteiger partial charge on any atom is -0.726 e. The van der Waals surface area contributed by atoms with Gasteiger partial charge in [-0.1, -0.05) is 24.6 Å². The fourth-order valence-corrected chi connectivity index (χ4v) is 7.16. The molecule has 0 heterocycles. The van der Waals surface area contributed by atoms with Gasteiger partial charge in [0.2, 0.25) is 10.4 Å². The van der Waals surface area contributed by atoms with Crippen LogP contribution in [-0.4, -0.2) is 43.1 Å². The predicted octanol–water partition coefficient (Wildman–Crippen LogP) is -4.90. The minimum atomic E-state index is -4.81. The second-order valence-corrected chi connectivity index (χ2v) is 10.8. The third-order valence-electron chi connectivity index (χ3n) is 8.23. The number of oxime groups is 1. The third-order valence-corrected chi connectivity index (χ3v) is 8.74. The first kappa shape index (κ1) is 29.5. The Labute approximate surface area is 238 Å². The van der Waals surface area contributed by atoms with Crippen molar-refractivity contribution in [2.45, 2.75) is 64.9 Å². The molecule has 0 bridgehead atoms. The van der Waals surface area contributed by atoms with Crippen LogP contribution >= 0.6 is 0 Å². The molecule has 0 aromatic carbocycles. The van der Waals surface area contributed by atoms with Crippen molar-refractivity contribution in [3.05, 3.63) is 11.6 Å². The zero-order valence-corrected chi connectivity index (χ0v) is 24.5. The average molecular weight is 499 g/mol. The molecule has 33 heavy (non-hydrogen) atoms. The van der Waals surface area contributed by atoms with Gasteiger partial charge in [-0.25, -0.2) is 8.42 Å². The zero-order valence-electron chi connectivity index (χ0n) is 19.7. The maximum atomic E-state index is 12.7. The molecular formula is C21H27NNa2O8S. The number of Topliss-reactive ketones (excluding diaryl/α,β-unsaturated/α-hetero) is 1. The normalized spacial score (nSPS) is 38.7. The van der Waals surface area contributed by atoms with Crippen molar-refractivity contribution >= 4 is 27.9 Å². The Morgan fingerprint density at radius 2 is 1.79 bits per heavy atom. The molecule has 6 atom stereocenters. The number of aliphatic carboxylic acids is 1. The number of carbonyl (C=O) groups excluding carboxylic acids is 2. The van der Waals surface area contributed by atoms with E-state index in [-0.39, 0.29) is 94.5 Å². The summed E-state index contributed by atoms with van der Waals surface area (Å²) in [5, 5.41) is 14.9. The number of rotatable bonds is 5. The molecule has 0 radical (unpaired) electrons. The van der Waals surface area contributed by atoms with Gasteiger partial charge in [0.05, 0.1) is 17.8 Å². The van der Waals surface area contributed by atoms with Crippen molar-refractivity contribution in [3.8, 4) is 0 Å². The number of hydrogen-bond donors (Lipinski definition) is 0. The van der Waals surface area contributed by atoms with Crippen LogP contribution in [0.2, 0.25) is 0 Å². The van der Waals surface area contributed by atoms with Crippen LogP contribution in [0, 0.1) is 28.6 Å². The van der Waals surface area contributed by atoms with Crippen molar-refractivity contribution in [2.24, 2.45) is 33.7 Å². The van der Waals surface area contributed by atoms with E-state index in [1.807, 2.05) is 13.0 Å². The fourth-order valence-electron chi connectivity index (χ4n) is 6.66. The van der Waals surface area contributed by atoms with E-state index < -0.39 is 34.5 Å². The van der Waals surface area contributed by atoms with Crippen LogP contribution in [0.25, 0.3) is 0 Å². The van der Waals surface area contributed by atoms with Crippen LogP contribution in [-0.2, 0) is 29.0 Å². The summed E-state index contributed by atoms with van der Waals surface area (Å²) in [6, 6.07) is 0. The molecule has 9 nitrogen and oxygen atoms in total. The molecule has 3 saturated carbocycles. The van der Waals surface area contributed by atoms with Gasteiger partial charge in [0, 0.05) is 17.8 Å². The van der Waals surface area contributed by atoms with Crippen LogP contribution < -0.4 is 64.2 Å². The van der Waals surface area contributed by atoms with Crippen LogP contribution in [0.15, 0.2) is 16.8 Å². The van der Waals surface area contributed by atoms with E-state index in [9.17, 15) is 27.7 Å². The third kappa shape index (κ3) is 5.64. The molecule has 0 saturated heterocycles. The Morgan fingerprint density at radius 3 is 2.42 bits per heavy atom. The molecule has 0 unspecified atom stereocenters. The van der Waals surface area contributed by atoms with E-state index in [0.717, 1.165) is 24.8 Å². The molecule has 4 aliphatic rings. The standard InChI is InChI=1S/C21H29NO8S.2Na/c1-20-7-5-13(30-31(26,27)28)9-12(20)10-16(22-29-11-18(24)25)19-14-3-4-17(23)21(14,2)8-6-15(19)20;;/h10,13-15,19H,3-9,11H2,1-2H3,(H,24,25)(H,26,27,28);;/q;2*+1/p-2/b22-16-;;/t13-,14-,15-,19-,20-,21-;;/m0../s1. The number of ketones is 1. The monoisotopic (exact) mass is 499 g/mol. The molecule has 0 aromatic rings. The van der Waals surface area contributed by atoms with Crippen LogP contribution in [0.4, 0.5) is 0 Å². The Morgan fingerprint density at radius 1 is 1.15 bits per heavy atom. The second-order valence-electron chi connectivity index (χ2n) is 9.77. The number of carboxylic acids is 1. The molecular weight excluding hydrogens is 472 g/mol. The molecule has 0 aliphatic heterocycles. The molecule has 0 amide bonds. The van der Waals surface area contributed by atoms with Gasteiger partial charge in [0.15, 0.2) is 6.61 Å². The van der Waals surface area contributed by atoms with Crippen molar-refractivity contribution in [2.75, 3.05) is 6.61 Å². The van der Waals surface area contributed by atoms with Crippen LogP contribution in [0.3, 0.4) is 0 Å². The summed E-state index contributed by atoms with van der Waals surface area (Å²) in [7, 11) is -4.81. The molecule has 12 heteroatoms. The molecule has 0 spiro atoms. The first-order valence-corrected chi connectivity index (χ1v) is 12.1. The summed E-state index contributed by atoms with van der Waals surface area (Å²) in [4.78, 5) is 28.5. The number of carboxylic acid groups (broad SMARTS) is 1. The van der Waals surface area contributed by atoms with Crippen molar-refractivity contribution in [3.63, 3.8) is 0 Å². The Balaban J connectivity index is 0.00000193. The summed E-state index contributed by atoms with van der Waals surface area (Å²) in [6.45, 7) is 3.49. The number of carbonyl (C=O) groups is 2. The van der Waals surface area contributed by atoms with E-state index in [2.05, 4.69) is 12.1 Å². The maximum absolute atomic E-state index is 12.7. The van der Waals surface area contributed by atoms with Crippen LogP contribution in [0.1, 0.15) is 58.8 Å². The van der Waals surface area contributed by atoms with Crippen molar-refractivity contribution in [1.82, 2.24) is 0 Å². The van der Waals surface area contributed by atoms with Gasteiger partial charge in [-0.2, -0.15) is 0 Å². The maximum Gasteiger partial charge on any atom is 1.00 e. The molecule has 4 aliphatic carbocycles. The molecule has 3 fully saturated rings. The summed E-state index contributed by atoms with van der Waals surface area (Å²) < 4.78 is 38.0. The van der Waals surface area contributed by atoms with Gasteiger partial charge in [-0.15, -0.1) is 0 Å². The summed E-state index contributed by atoms with van der Waals surface area (Å²) in [5.41, 5.74) is 0.847. The molecule has 172 valence electrons. The first-order valence-electron chi connectivity index (χ1n) is 10.7. The van der Waals surface area contributed by atoms with E-state index in [1.165, 1.54) is 0 Å². The smallest absolute Gasteiger partial charge is 0.726 e. The largest absolute Gasteiger partial charge is 1.00 e. The quantitative estimate of drug-likeness (QED) is 0.158. The van der Waals surface area contributed by atoms with Crippen molar-refractivity contribution in [1.29, 1.82) is 0 Å². The Kier molecular flexibility index (Phi) is 9.53. The van der Waals surface area contributed by atoms with E-state index >= 15 is 0 Å². The second kappa shape index (κ2) is 10.7. The number of fused-ring (bicyclic) bond motifs is 5. The first-order chi connectivity index (χ1) is 14.4. The molecule has 4 rings (SSSR count). The van der Waals surface area contributed by atoms with E-state index in [1.54, 1.807) is 0 Å². The number of allylic oxidation sites excluding steroid dienone is 1. The van der Waals surface area contributed by atoms with Gasteiger partial charge in [-0.05, 0) is 61.9 Å². The summed E-state index contributed by atoms with van der Waals surface area (Å²) in [5.74, 6) is -0.920. The predicted molar refractivity (Wildman–Crippen MR) is 105 cm³/mol. The number of hydrogen-bond acceptors (Lipinski definition) is 9. The minimum absolute atomic E-state index is 0. The van der Waals surface area contributed by atoms with Gasteiger partial charge in [-0.3, -0.25) is 8.98 Å². The van der Waals surface area contributed by atoms with Gasteiger partial charge >= 0.3 is 59.1 Å². The molecule has 0 aromatic heterocycles. The summed E-state index contributed by atoms with van der Waals surface area (Å²) >= 11 is 0. The van der Waals surface area contributed by atoms with Gasteiger partial charge in [0.1, 0.15) is 5.78 Å². The number of nitrogens with zero attached hydrogens (tertiary/aromatic N) is 1. The summed E-state index contributed by atoms with van der Waals surface area (Å²) in [6.07, 6.45) is 5.38. The van der Waals surface area contributed by atoms with Gasteiger partial charge in [0.25, 0.3) is 0 Å². The van der Waals surface area contributed by atoms with Gasteiger partial charge < -0.3 is 19.3 Å². The van der Waals surface area contributed by atoms with E-state index in [4.69, 9.17) is 9.02 Å². The topological polar surface area (TPSA) is 145 Å². The molecule has 0 N–H and O–H groups in total. The Bertz CT molecular complexity index is 967. The average Bonchev–Trinajstić information content (AvgIpc) is 2.96. The van der Waals surface area contributed by atoms with Crippen LogP contribution in [0.5, 0.6) is 0 Å². The van der Waals surface area contributed by atoms with Crippen molar-refractivity contribution < 1.29 is 95.8 Å². The SMILES string of the molecule is C[C@]12CC[C@H](OS(=O)(=O)[O-])CC1=C/C(=N/OCC(=O)[O-])[C@@H]1[C@@H]2CC[C@]2(C)C(=O)CC[C@@H]12.[Na+].[Na+]. The van der Waals surface area contributed by atoms with E-state index in [0.29, 0.717) is 25.0 Å². The zero-order chi connectivity index (χ0) is 22.6.